The second-order valence-electron chi connectivity index (χ2n) is 7.17. The Hall–Kier alpha value is -0.870. The SMILES string of the molecule is CC1CCC(c2cnc([C@@H](N)CC3CCCCN3)[nH]2)CC1. The first kappa shape index (κ1) is 15.0. The van der Waals surface area contributed by atoms with Gasteiger partial charge in [0.15, 0.2) is 0 Å². The Morgan fingerprint density at radius 3 is 2.76 bits per heavy atom. The molecule has 0 aromatic carbocycles. The molecule has 0 spiro atoms. The Kier molecular flexibility index (Phi) is 4.96. The molecule has 4 nitrogen and oxygen atoms in total. The van der Waals surface area contributed by atoms with Crippen LogP contribution in [-0.4, -0.2) is 22.6 Å². The summed E-state index contributed by atoms with van der Waals surface area (Å²) < 4.78 is 0. The Labute approximate surface area is 128 Å². The smallest absolute Gasteiger partial charge is 0.123 e. The number of hydrogen-bond donors (Lipinski definition) is 3. The van der Waals surface area contributed by atoms with Gasteiger partial charge in [-0.25, -0.2) is 4.98 Å². The van der Waals surface area contributed by atoms with E-state index in [0.717, 1.165) is 24.7 Å². The van der Waals surface area contributed by atoms with E-state index >= 15 is 0 Å². The summed E-state index contributed by atoms with van der Waals surface area (Å²) >= 11 is 0. The molecule has 4 heteroatoms. The van der Waals surface area contributed by atoms with Gasteiger partial charge < -0.3 is 16.0 Å². The molecule has 0 amide bonds. The molecule has 118 valence electrons. The molecule has 3 rings (SSSR count). The van der Waals surface area contributed by atoms with Gasteiger partial charge in [-0.1, -0.05) is 26.2 Å². The van der Waals surface area contributed by atoms with Crippen molar-refractivity contribution in [2.45, 2.75) is 76.3 Å². The van der Waals surface area contributed by atoms with Crippen LogP contribution in [0.3, 0.4) is 0 Å². The number of rotatable bonds is 4. The van der Waals surface area contributed by atoms with Crippen molar-refractivity contribution in [3.8, 4) is 0 Å². The van der Waals surface area contributed by atoms with Crippen molar-refractivity contribution in [3.05, 3.63) is 17.7 Å². The standard InChI is InChI=1S/C17H30N4/c1-12-5-7-13(8-6-12)16-11-20-17(21-16)15(18)10-14-4-2-3-9-19-14/h11-15,19H,2-10,18H2,1H3,(H,20,21)/t12?,13?,14?,15-/m0/s1. The van der Waals surface area contributed by atoms with E-state index in [9.17, 15) is 0 Å². The van der Waals surface area contributed by atoms with Crippen LogP contribution in [0, 0.1) is 5.92 Å². The lowest BCUT2D eigenvalue weighted by molar-refractivity contribution is 0.343. The number of hydrogen-bond acceptors (Lipinski definition) is 3. The fraction of sp³-hybridized carbons (Fsp3) is 0.824. The van der Waals surface area contributed by atoms with Crippen LogP contribution in [0.1, 0.15) is 81.8 Å². The minimum Gasteiger partial charge on any atom is -0.344 e. The molecular weight excluding hydrogens is 260 g/mol. The summed E-state index contributed by atoms with van der Waals surface area (Å²) in [5.41, 5.74) is 7.67. The number of aromatic amines is 1. The summed E-state index contributed by atoms with van der Waals surface area (Å²) in [4.78, 5) is 8.09. The Balaban J connectivity index is 1.56. The molecule has 1 saturated heterocycles. The molecule has 1 aliphatic carbocycles. The number of H-pyrrole nitrogens is 1. The number of imidazole rings is 1. The van der Waals surface area contributed by atoms with Gasteiger partial charge >= 0.3 is 0 Å². The van der Waals surface area contributed by atoms with Crippen LogP contribution >= 0.6 is 0 Å². The summed E-state index contributed by atoms with van der Waals surface area (Å²) in [5.74, 6) is 2.54. The third-order valence-corrected chi connectivity index (χ3v) is 5.37. The van der Waals surface area contributed by atoms with Crippen molar-refractivity contribution in [2.24, 2.45) is 11.7 Å². The van der Waals surface area contributed by atoms with Gasteiger partial charge in [0.2, 0.25) is 0 Å². The second kappa shape index (κ2) is 6.93. The Morgan fingerprint density at radius 1 is 1.24 bits per heavy atom. The van der Waals surface area contributed by atoms with Crippen LogP contribution in [0.5, 0.6) is 0 Å². The van der Waals surface area contributed by atoms with Gasteiger partial charge in [0.05, 0.1) is 6.04 Å². The summed E-state index contributed by atoms with van der Waals surface area (Å²) in [6.45, 7) is 3.50. The number of piperidine rings is 1. The van der Waals surface area contributed by atoms with Crippen molar-refractivity contribution in [1.82, 2.24) is 15.3 Å². The zero-order valence-electron chi connectivity index (χ0n) is 13.3. The average molecular weight is 290 g/mol. The van der Waals surface area contributed by atoms with E-state index in [0.29, 0.717) is 12.0 Å². The van der Waals surface area contributed by atoms with Crippen LogP contribution in [0.4, 0.5) is 0 Å². The maximum absolute atomic E-state index is 6.36. The molecule has 2 aliphatic rings. The molecule has 0 bridgehead atoms. The van der Waals surface area contributed by atoms with Gasteiger partial charge in [0.1, 0.15) is 5.82 Å². The summed E-state index contributed by atoms with van der Waals surface area (Å²) in [7, 11) is 0. The number of nitrogens with zero attached hydrogens (tertiary/aromatic N) is 1. The largest absolute Gasteiger partial charge is 0.344 e. The number of nitrogens with two attached hydrogens (primary N) is 1. The molecule has 1 saturated carbocycles. The minimum atomic E-state index is 0.0388. The molecule has 2 atom stereocenters. The summed E-state index contributed by atoms with van der Waals surface area (Å²) in [6.07, 6.45) is 12.2. The first-order valence-electron chi connectivity index (χ1n) is 8.76. The monoisotopic (exact) mass is 290 g/mol. The molecule has 1 aliphatic heterocycles. The van der Waals surface area contributed by atoms with Crippen molar-refractivity contribution >= 4 is 0 Å². The van der Waals surface area contributed by atoms with Gasteiger partial charge in [0, 0.05) is 23.9 Å². The average Bonchev–Trinajstić information content (AvgIpc) is 2.99. The quantitative estimate of drug-likeness (QED) is 0.797. The van der Waals surface area contributed by atoms with Gasteiger partial charge in [-0.2, -0.15) is 0 Å². The molecule has 1 aromatic heterocycles. The first-order chi connectivity index (χ1) is 10.2. The maximum Gasteiger partial charge on any atom is 0.123 e. The molecule has 1 aromatic rings. The van der Waals surface area contributed by atoms with E-state index in [1.165, 1.54) is 50.6 Å². The molecule has 1 unspecified atom stereocenters. The molecule has 2 fully saturated rings. The second-order valence-corrected chi connectivity index (χ2v) is 7.17. The molecule has 0 radical (unpaired) electrons. The number of nitrogens with one attached hydrogen (secondary N) is 2. The topological polar surface area (TPSA) is 66.7 Å². The molecule has 4 N–H and O–H groups in total. The van der Waals surface area contributed by atoms with Crippen LogP contribution < -0.4 is 11.1 Å². The van der Waals surface area contributed by atoms with Crippen molar-refractivity contribution in [1.29, 1.82) is 0 Å². The fourth-order valence-electron chi connectivity index (χ4n) is 3.86. The van der Waals surface area contributed by atoms with E-state index < -0.39 is 0 Å². The van der Waals surface area contributed by atoms with E-state index in [1.54, 1.807) is 0 Å². The zero-order chi connectivity index (χ0) is 14.7. The predicted molar refractivity (Wildman–Crippen MR) is 86.1 cm³/mol. The lowest BCUT2D eigenvalue weighted by atomic mass is 9.82. The highest BCUT2D eigenvalue weighted by atomic mass is 15.0. The summed E-state index contributed by atoms with van der Waals surface area (Å²) in [5, 5.41) is 3.57. The first-order valence-corrected chi connectivity index (χ1v) is 8.76. The highest BCUT2D eigenvalue weighted by Crippen LogP contribution is 2.35. The van der Waals surface area contributed by atoms with Gasteiger partial charge in [0.25, 0.3) is 0 Å². The van der Waals surface area contributed by atoms with Crippen LogP contribution in [0.25, 0.3) is 0 Å². The molecule has 2 heterocycles. The third-order valence-electron chi connectivity index (χ3n) is 5.37. The minimum absolute atomic E-state index is 0.0388. The molecular formula is C17H30N4. The highest BCUT2D eigenvalue weighted by Gasteiger charge is 2.23. The number of aromatic nitrogens is 2. The fourth-order valence-corrected chi connectivity index (χ4v) is 3.86. The normalized spacial score (nSPS) is 32.0. The lowest BCUT2D eigenvalue weighted by Crippen LogP contribution is -2.36. The van der Waals surface area contributed by atoms with Crippen molar-refractivity contribution in [2.75, 3.05) is 6.54 Å². The molecule has 21 heavy (non-hydrogen) atoms. The summed E-state index contributed by atoms with van der Waals surface area (Å²) in [6, 6.07) is 0.606. The Bertz CT molecular complexity index is 428. The van der Waals surface area contributed by atoms with Gasteiger partial charge in [-0.3, -0.25) is 0 Å². The van der Waals surface area contributed by atoms with E-state index in [-0.39, 0.29) is 6.04 Å². The van der Waals surface area contributed by atoms with Crippen LogP contribution in [0.15, 0.2) is 6.20 Å². The van der Waals surface area contributed by atoms with Crippen molar-refractivity contribution in [3.63, 3.8) is 0 Å². The Morgan fingerprint density at radius 2 is 2.05 bits per heavy atom. The maximum atomic E-state index is 6.36. The van der Waals surface area contributed by atoms with E-state index in [4.69, 9.17) is 5.73 Å². The van der Waals surface area contributed by atoms with Gasteiger partial charge in [-0.15, -0.1) is 0 Å². The third kappa shape index (κ3) is 3.86. The lowest BCUT2D eigenvalue weighted by Gasteiger charge is -2.26. The van der Waals surface area contributed by atoms with E-state index in [1.807, 2.05) is 6.20 Å². The van der Waals surface area contributed by atoms with Crippen molar-refractivity contribution < 1.29 is 0 Å². The van der Waals surface area contributed by atoms with Crippen LogP contribution in [-0.2, 0) is 0 Å². The van der Waals surface area contributed by atoms with E-state index in [2.05, 4.69) is 22.2 Å². The highest BCUT2D eigenvalue weighted by molar-refractivity contribution is 5.11. The zero-order valence-corrected chi connectivity index (χ0v) is 13.3. The predicted octanol–water partition coefficient (Wildman–Crippen LogP) is 3.24. The van der Waals surface area contributed by atoms with Gasteiger partial charge in [-0.05, 0) is 44.6 Å². The van der Waals surface area contributed by atoms with Crippen LogP contribution in [0.2, 0.25) is 0 Å².